The third-order valence-corrected chi connectivity index (χ3v) is 3.38. The monoisotopic (exact) mass is 366 g/mol. The molecule has 0 unspecified atom stereocenters. The van der Waals surface area contributed by atoms with Crippen molar-refractivity contribution in [2.75, 3.05) is 19.5 Å². The number of nitrogens with one attached hydrogen (secondary N) is 2. The van der Waals surface area contributed by atoms with E-state index in [0.29, 0.717) is 23.6 Å². The molecule has 0 aliphatic rings. The summed E-state index contributed by atoms with van der Waals surface area (Å²) in [7, 11) is 3.06. The molecule has 7 nitrogen and oxygen atoms in total. The van der Waals surface area contributed by atoms with Gasteiger partial charge in [0.25, 0.3) is 0 Å². The zero-order valence-electron chi connectivity index (χ0n) is 16.6. The average molecular weight is 366 g/mol. The molecule has 0 heterocycles. The van der Waals surface area contributed by atoms with Gasteiger partial charge in [-0.1, -0.05) is 13.8 Å². The van der Waals surface area contributed by atoms with Gasteiger partial charge in [0, 0.05) is 6.07 Å². The number of benzene rings is 1. The van der Waals surface area contributed by atoms with Gasteiger partial charge in [-0.3, -0.25) is 4.79 Å². The lowest BCUT2D eigenvalue weighted by Crippen LogP contribution is -2.46. The van der Waals surface area contributed by atoms with Gasteiger partial charge < -0.3 is 24.8 Å². The predicted octanol–water partition coefficient (Wildman–Crippen LogP) is 3.58. The van der Waals surface area contributed by atoms with Crippen LogP contribution in [-0.4, -0.2) is 37.9 Å². The van der Waals surface area contributed by atoms with Crippen LogP contribution in [0.4, 0.5) is 10.5 Å². The maximum absolute atomic E-state index is 12.7. The van der Waals surface area contributed by atoms with E-state index in [2.05, 4.69) is 10.6 Å². The number of methoxy groups -OCH3 is 2. The molecule has 0 spiro atoms. The summed E-state index contributed by atoms with van der Waals surface area (Å²) in [6, 6.07) is 4.36. The molecular weight excluding hydrogens is 336 g/mol. The number of hydrogen-bond acceptors (Lipinski definition) is 5. The molecule has 0 radical (unpaired) electrons. The molecule has 1 atom stereocenters. The summed E-state index contributed by atoms with van der Waals surface area (Å²) in [5.41, 5.74) is -0.171. The van der Waals surface area contributed by atoms with E-state index in [4.69, 9.17) is 14.2 Å². The lowest BCUT2D eigenvalue weighted by Gasteiger charge is -2.24. The summed E-state index contributed by atoms with van der Waals surface area (Å²) in [6.45, 7) is 9.26. The first kappa shape index (κ1) is 21.6. The molecule has 1 aromatic rings. The number of carbonyl (C=O) groups excluding carboxylic acids is 2. The van der Waals surface area contributed by atoms with Crippen molar-refractivity contribution >= 4 is 17.7 Å². The summed E-state index contributed by atoms with van der Waals surface area (Å²) in [5, 5.41) is 5.44. The Bertz CT molecular complexity index is 623. The second-order valence-corrected chi connectivity index (χ2v) is 7.38. The molecule has 7 heteroatoms. The maximum atomic E-state index is 12.7. The van der Waals surface area contributed by atoms with Crippen molar-refractivity contribution in [3.63, 3.8) is 0 Å². The number of rotatable bonds is 7. The van der Waals surface area contributed by atoms with Gasteiger partial charge in [-0.05, 0) is 45.2 Å². The van der Waals surface area contributed by atoms with E-state index in [1.807, 2.05) is 13.8 Å². The van der Waals surface area contributed by atoms with Crippen LogP contribution in [0.25, 0.3) is 0 Å². The van der Waals surface area contributed by atoms with Crippen LogP contribution in [0.5, 0.6) is 11.5 Å². The van der Waals surface area contributed by atoms with Crippen molar-refractivity contribution in [3.05, 3.63) is 18.2 Å². The Morgan fingerprint density at radius 2 is 1.77 bits per heavy atom. The normalized spacial score (nSPS) is 12.3. The van der Waals surface area contributed by atoms with Crippen molar-refractivity contribution in [2.45, 2.75) is 52.7 Å². The van der Waals surface area contributed by atoms with E-state index < -0.39 is 17.7 Å². The second-order valence-electron chi connectivity index (χ2n) is 7.38. The standard InChI is InChI=1S/C19H30N2O5/c1-12(2)10-15(21-18(23)26-19(3,4)5)17(22)20-14-11-13(24-6)8-9-16(14)25-7/h8-9,11-12,15H,10H2,1-7H3,(H,20,22)(H,21,23)/t15-/m0/s1. The SMILES string of the molecule is COc1ccc(OC)c(NC(=O)[C@H](CC(C)C)NC(=O)OC(C)(C)C)c1. The van der Waals surface area contributed by atoms with Crippen molar-refractivity contribution in [1.29, 1.82) is 0 Å². The van der Waals surface area contributed by atoms with Crippen molar-refractivity contribution in [3.8, 4) is 11.5 Å². The fraction of sp³-hybridized carbons (Fsp3) is 0.579. The van der Waals surface area contributed by atoms with Crippen LogP contribution in [0.3, 0.4) is 0 Å². The van der Waals surface area contributed by atoms with Crippen molar-refractivity contribution in [2.24, 2.45) is 5.92 Å². The minimum absolute atomic E-state index is 0.202. The minimum Gasteiger partial charge on any atom is -0.497 e. The third-order valence-electron chi connectivity index (χ3n) is 3.38. The van der Waals surface area contributed by atoms with Crippen LogP contribution >= 0.6 is 0 Å². The summed E-state index contributed by atoms with van der Waals surface area (Å²) in [6.07, 6.45) is -0.159. The van der Waals surface area contributed by atoms with E-state index >= 15 is 0 Å². The van der Waals surface area contributed by atoms with Crippen LogP contribution in [0.1, 0.15) is 41.0 Å². The topological polar surface area (TPSA) is 85.9 Å². The Kier molecular flexibility index (Phi) is 7.74. The van der Waals surface area contributed by atoms with Crippen LogP contribution in [-0.2, 0) is 9.53 Å². The molecule has 0 aliphatic carbocycles. The van der Waals surface area contributed by atoms with Gasteiger partial charge >= 0.3 is 6.09 Å². The maximum Gasteiger partial charge on any atom is 0.408 e. The van der Waals surface area contributed by atoms with E-state index in [1.54, 1.807) is 46.1 Å². The molecule has 0 saturated heterocycles. The predicted molar refractivity (Wildman–Crippen MR) is 101 cm³/mol. The van der Waals surface area contributed by atoms with Gasteiger partial charge in [0.15, 0.2) is 0 Å². The van der Waals surface area contributed by atoms with Crippen molar-refractivity contribution in [1.82, 2.24) is 5.32 Å². The van der Waals surface area contributed by atoms with E-state index in [-0.39, 0.29) is 11.8 Å². The number of carbonyl (C=O) groups is 2. The zero-order chi connectivity index (χ0) is 19.9. The number of amides is 2. The lowest BCUT2D eigenvalue weighted by molar-refractivity contribution is -0.118. The molecule has 146 valence electrons. The Balaban J connectivity index is 2.94. The fourth-order valence-electron chi connectivity index (χ4n) is 2.28. The number of hydrogen-bond donors (Lipinski definition) is 2. The smallest absolute Gasteiger partial charge is 0.408 e. The van der Waals surface area contributed by atoms with E-state index in [9.17, 15) is 9.59 Å². The Hall–Kier alpha value is -2.44. The first-order chi connectivity index (χ1) is 12.1. The zero-order valence-corrected chi connectivity index (χ0v) is 16.6. The van der Waals surface area contributed by atoms with Gasteiger partial charge in [0.2, 0.25) is 5.91 Å². The summed E-state index contributed by atoms with van der Waals surface area (Å²) in [5.74, 6) is 0.935. The largest absolute Gasteiger partial charge is 0.497 e. The van der Waals surface area contributed by atoms with Crippen LogP contribution < -0.4 is 20.1 Å². The summed E-state index contributed by atoms with van der Waals surface area (Å²) in [4.78, 5) is 24.8. The molecule has 0 bridgehead atoms. The summed E-state index contributed by atoms with van der Waals surface area (Å²) >= 11 is 0. The first-order valence-corrected chi connectivity index (χ1v) is 8.58. The highest BCUT2D eigenvalue weighted by molar-refractivity contribution is 5.97. The van der Waals surface area contributed by atoms with E-state index in [0.717, 1.165) is 0 Å². The Labute approximate surface area is 155 Å². The molecule has 1 rings (SSSR count). The molecule has 26 heavy (non-hydrogen) atoms. The first-order valence-electron chi connectivity index (χ1n) is 8.58. The van der Waals surface area contributed by atoms with Crippen LogP contribution in [0, 0.1) is 5.92 Å². The molecule has 0 aliphatic heterocycles. The van der Waals surface area contributed by atoms with Gasteiger partial charge in [-0.25, -0.2) is 4.79 Å². The summed E-state index contributed by atoms with van der Waals surface area (Å²) < 4.78 is 15.7. The van der Waals surface area contributed by atoms with Crippen LogP contribution in [0.15, 0.2) is 18.2 Å². The van der Waals surface area contributed by atoms with Gasteiger partial charge in [0.1, 0.15) is 23.1 Å². The Morgan fingerprint density at radius 3 is 2.27 bits per heavy atom. The number of ether oxygens (including phenoxy) is 3. The average Bonchev–Trinajstić information content (AvgIpc) is 2.51. The second kappa shape index (κ2) is 9.31. The van der Waals surface area contributed by atoms with Gasteiger partial charge in [0.05, 0.1) is 19.9 Å². The third kappa shape index (κ3) is 7.21. The van der Waals surface area contributed by atoms with Crippen molar-refractivity contribution < 1.29 is 23.8 Å². The molecule has 0 fully saturated rings. The molecular formula is C19H30N2O5. The highest BCUT2D eigenvalue weighted by Crippen LogP contribution is 2.29. The molecule has 2 N–H and O–H groups in total. The Morgan fingerprint density at radius 1 is 1.12 bits per heavy atom. The van der Waals surface area contributed by atoms with Crippen LogP contribution in [0.2, 0.25) is 0 Å². The molecule has 0 saturated carbocycles. The molecule has 1 aromatic carbocycles. The minimum atomic E-state index is -0.735. The number of anilines is 1. The quantitative estimate of drug-likeness (QED) is 0.770. The van der Waals surface area contributed by atoms with E-state index in [1.165, 1.54) is 7.11 Å². The highest BCUT2D eigenvalue weighted by Gasteiger charge is 2.26. The fourth-order valence-corrected chi connectivity index (χ4v) is 2.28. The lowest BCUT2D eigenvalue weighted by atomic mass is 10.0. The number of alkyl carbamates (subject to hydrolysis) is 1. The van der Waals surface area contributed by atoms with Gasteiger partial charge in [-0.15, -0.1) is 0 Å². The highest BCUT2D eigenvalue weighted by atomic mass is 16.6. The molecule has 0 aromatic heterocycles. The molecule has 2 amide bonds. The van der Waals surface area contributed by atoms with Gasteiger partial charge in [-0.2, -0.15) is 0 Å².